The van der Waals surface area contributed by atoms with Crippen molar-refractivity contribution < 1.29 is 9.13 Å². The van der Waals surface area contributed by atoms with Gasteiger partial charge in [-0.15, -0.1) is 0 Å². The number of piperidine rings is 1. The maximum Gasteiger partial charge on any atom is 0.165 e. The number of benzene rings is 1. The molecule has 0 spiro atoms. The number of likely N-dealkylation sites (tertiary alicyclic amines) is 1. The van der Waals surface area contributed by atoms with Crippen LogP contribution in [0.2, 0.25) is 0 Å². The van der Waals surface area contributed by atoms with Crippen molar-refractivity contribution in [3.63, 3.8) is 0 Å². The lowest BCUT2D eigenvalue weighted by Gasteiger charge is -2.29. The van der Waals surface area contributed by atoms with E-state index in [9.17, 15) is 4.39 Å². The zero-order valence-electron chi connectivity index (χ0n) is 11.0. The van der Waals surface area contributed by atoms with E-state index in [-0.39, 0.29) is 18.0 Å². The largest absolute Gasteiger partial charge is 0.487 e. The molecule has 1 aromatic rings. The van der Waals surface area contributed by atoms with Gasteiger partial charge in [0.15, 0.2) is 11.6 Å². The molecule has 0 unspecified atom stereocenters. The predicted molar refractivity (Wildman–Crippen MR) is 70.1 cm³/mol. The molecule has 4 heteroatoms. The van der Waals surface area contributed by atoms with Crippen LogP contribution in [0, 0.1) is 5.82 Å². The zero-order valence-corrected chi connectivity index (χ0v) is 11.0. The summed E-state index contributed by atoms with van der Waals surface area (Å²) in [5.74, 6) is 0.0256. The van der Waals surface area contributed by atoms with Crippen LogP contribution < -0.4 is 10.5 Å². The van der Waals surface area contributed by atoms with Crippen molar-refractivity contribution in [3.8, 4) is 5.75 Å². The Morgan fingerprint density at radius 1 is 1.39 bits per heavy atom. The van der Waals surface area contributed by atoms with Crippen LogP contribution in [-0.2, 0) is 0 Å². The summed E-state index contributed by atoms with van der Waals surface area (Å²) in [6.07, 6.45) is 2.02. The predicted octanol–water partition coefficient (Wildman–Crippen LogP) is 2.32. The fourth-order valence-corrected chi connectivity index (χ4v) is 2.18. The second-order valence-electron chi connectivity index (χ2n) is 5.10. The molecule has 0 aromatic heterocycles. The number of nitrogens with zero attached hydrogens (tertiary/aromatic N) is 1. The summed E-state index contributed by atoms with van der Waals surface area (Å²) < 4.78 is 19.6. The lowest BCUT2D eigenvalue weighted by molar-refractivity contribution is 0.110. The zero-order chi connectivity index (χ0) is 13.1. The van der Waals surface area contributed by atoms with Crippen LogP contribution in [0.4, 0.5) is 4.39 Å². The van der Waals surface area contributed by atoms with Gasteiger partial charge < -0.3 is 15.4 Å². The minimum absolute atomic E-state index is 0.122. The van der Waals surface area contributed by atoms with E-state index in [4.69, 9.17) is 10.5 Å². The summed E-state index contributed by atoms with van der Waals surface area (Å²) in [5, 5.41) is 0. The highest BCUT2D eigenvalue weighted by Crippen LogP contribution is 2.24. The maximum absolute atomic E-state index is 13.9. The SMILES string of the molecule is C[C@H](N)c1ccc(OC2CCN(C)CC2)c(F)c1. The average molecular weight is 252 g/mol. The molecule has 0 bridgehead atoms. The summed E-state index contributed by atoms with van der Waals surface area (Å²) in [7, 11) is 2.09. The van der Waals surface area contributed by atoms with Crippen LogP contribution in [0.25, 0.3) is 0 Å². The quantitative estimate of drug-likeness (QED) is 0.897. The molecule has 0 radical (unpaired) electrons. The molecule has 0 saturated carbocycles. The molecule has 1 heterocycles. The Bertz CT molecular complexity index is 401. The van der Waals surface area contributed by atoms with Crippen LogP contribution in [0.1, 0.15) is 31.4 Å². The number of nitrogens with two attached hydrogens (primary N) is 1. The standard InChI is InChI=1S/C14H21FN2O/c1-10(16)11-3-4-14(13(15)9-11)18-12-5-7-17(2)8-6-12/h3-4,9-10,12H,5-8,16H2,1-2H3/t10-/m0/s1. The van der Waals surface area contributed by atoms with Gasteiger partial charge in [-0.2, -0.15) is 0 Å². The first-order valence-electron chi connectivity index (χ1n) is 6.46. The molecule has 100 valence electrons. The minimum atomic E-state index is -0.316. The molecule has 0 aliphatic carbocycles. The molecule has 3 nitrogen and oxygen atoms in total. The smallest absolute Gasteiger partial charge is 0.165 e. The Labute approximate surface area is 108 Å². The Morgan fingerprint density at radius 2 is 2.06 bits per heavy atom. The van der Waals surface area contributed by atoms with Gasteiger partial charge in [0.05, 0.1) is 0 Å². The number of hydrogen-bond donors (Lipinski definition) is 1. The van der Waals surface area contributed by atoms with E-state index in [1.54, 1.807) is 6.07 Å². The van der Waals surface area contributed by atoms with Crippen LogP contribution in [0.5, 0.6) is 5.75 Å². The van der Waals surface area contributed by atoms with Gasteiger partial charge in [0.25, 0.3) is 0 Å². The van der Waals surface area contributed by atoms with Gasteiger partial charge in [0.1, 0.15) is 6.10 Å². The molecule has 1 aliphatic rings. The lowest BCUT2D eigenvalue weighted by Crippen LogP contribution is -2.35. The molecule has 1 saturated heterocycles. The van der Waals surface area contributed by atoms with Crippen LogP contribution in [0.15, 0.2) is 18.2 Å². The molecule has 18 heavy (non-hydrogen) atoms. The Hall–Kier alpha value is -1.13. The van der Waals surface area contributed by atoms with Crippen molar-refractivity contribution in [1.82, 2.24) is 4.90 Å². The second-order valence-corrected chi connectivity index (χ2v) is 5.10. The van der Waals surface area contributed by atoms with Crippen LogP contribution in [-0.4, -0.2) is 31.1 Å². The van der Waals surface area contributed by atoms with Gasteiger partial charge in [-0.25, -0.2) is 4.39 Å². The van der Waals surface area contributed by atoms with Gasteiger partial charge in [0, 0.05) is 19.1 Å². The third kappa shape index (κ3) is 3.21. The van der Waals surface area contributed by atoms with Crippen molar-refractivity contribution in [3.05, 3.63) is 29.6 Å². The first-order chi connectivity index (χ1) is 8.56. The molecule has 1 fully saturated rings. The molecule has 1 aliphatic heterocycles. The first-order valence-corrected chi connectivity index (χ1v) is 6.46. The monoisotopic (exact) mass is 252 g/mol. The molecular formula is C14H21FN2O. The minimum Gasteiger partial charge on any atom is -0.487 e. The van der Waals surface area contributed by atoms with Gasteiger partial charge in [-0.05, 0) is 44.5 Å². The van der Waals surface area contributed by atoms with E-state index < -0.39 is 0 Å². The summed E-state index contributed by atoms with van der Waals surface area (Å²) in [6, 6.07) is 4.83. The number of halogens is 1. The third-order valence-corrected chi connectivity index (χ3v) is 3.44. The fraction of sp³-hybridized carbons (Fsp3) is 0.571. The Kier molecular flexibility index (Phi) is 4.19. The van der Waals surface area contributed by atoms with E-state index in [0.29, 0.717) is 5.75 Å². The highest BCUT2D eigenvalue weighted by atomic mass is 19.1. The van der Waals surface area contributed by atoms with Gasteiger partial charge in [-0.3, -0.25) is 0 Å². The molecule has 1 aromatic carbocycles. The summed E-state index contributed by atoms with van der Waals surface area (Å²) >= 11 is 0. The summed E-state index contributed by atoms with van der Waals surface area (Å²) in [5.41, 5.74) is 6.51. The van der Waals surface area contributed by atoms with E-state index in [2.05, 4.69) is 11.9 Å². The maximum atomic E-state index is 13.9. The van der Waals surface area contributed by atoms with Crippen molar-refractivity contribution in [1.29, 1.82) is 0 Å². The Morgan fingerprint density at radius 3 is 2.61 bits per heavy atom. The van der Waals surface area contributed by atoms with Gasteiger partial charge in [-0.1, -0.05) is 6.07 Å². The Balaban J connectivity index is 2.01. The molecule has 0 amide bonds. The summed E-state index contributed by atoms with van der Waals surface area (Å²) in [4.78, 5) is 2.26. The first kappa shape index (κ1) is 13.3. The number of rotatable bonds is 3. The van der Waals surface area contributed by atoms with Gasteiger partial charge in [0.2, 0.25) is 0 Å². The summed E-state index contributed by atoms with van der Waals surface area (Å²) in [6.45, 7) is 3.85. The molecular weight excluding hydrogens is 231 g/mol. The van der Waals surface area contributed by atoms with E-state index in [0.717, 1.165) is 31.5 Å². The van der Waals surface area contributed by atoms with Crippen LogP contribution in [0.3, 0.4) is 0 Å². The lowest BCUT2D eigenvalue weighted by atomic mass is 10.1. The van der Waals surface area contributed by atoms with E-state index in [1.807, 2.05) is 13.0 Å². The highest BCUT2D eigenvalue weighted by Gasteiger charge is 2.19. The third-order valence-electron chi connectivity index (χ3n) is 3.44. The highest BCUT2D eigenvalue weighted by molar-refractivity contribution is 5.30. The second kappa shape index (κ2) is 5.67. The van der Waals surface area contributed by atoms with E-state index >= 15 is 0 Å². The van der Waals surface area contributed by atoms with Crippen molar-refractivity contribution in [2.24, 2.45) is 5.73 Å². The molecule has 1 atom stereocenters. The van der Waals surface area contributed by atoms with E-state index in [1.165, 1.54) is 6.07 Å². The van der Waals surface area contributed by atoms with Crippen LogP contribution >= 0.6 is 0 Å². The molecule has 2 rings (SSSR count). The average Bonchev–Trinajstić information content (AvgIpc) is 2.34. The van der Waals surface area contributed by atoms with Gasteiger partial charge >= 0.3 is 0 Å². The van der Waals surface area contributed by atoms with Crippen molar-refractivity contribution >= 4 is 0 Å². The fourth-order valence-electron chi connectivity index (χ4n) is 2.18. The normalized spacial score (nSPS) is 19.8. The van der Waals surface area contributed by atoms with Crippen molar-refractivity contribution in [2.45, 2.75) is 31.9 Å². The number of ether oxygens (including phenoxy) is 1. The number of hydrogen-bond acceptors (Lipinski definition) is 3. The topological polar surface area (TPSA) is 38.5 Å². The molecule has 2 N–H and O–H groups in total. The van der Waals surface area contributed by atoms with Crippen molar-refractivity contribution in [2.75, 3.05) is 20.1 Å².